The Labute approximate surface area is 388 Å². The van der Waals surface area contributed by atoms with Crippen molar-refractivity contribution in [3.8, 4) is 5.75 Å². The van der Waals surface area contributed by atoms with E-state index in [1.165, 1.54) is 58.7 Å². The number of benzene rings is 6. The summed E-state index contributed by atoms with van der Waals surface area (Å²) in [5.41, 5.74) is 7.50. The van der Waals surface area contributed by atoms with Crippen LogP contribution in [-0.4, -0.2) is 6.36 Å². The van der Waals surface area contributed by atoms with Crippen LogP contribution in [0.15, 0.2) is 133 Å². The maximum absolute atomic E-state index is 13.1. The van der Waals surface area contributed by atoms with Crippen molar-refractivity contribution < 1.29 is 44.3 Å². The maximum Gasteiger partial charge on any atom is 0.573 e. The molecule has 6 rings (SSSR count). The molecule has 0 atom stereocenters. The normalized spacial score (nSPS) is 10.8. The molecule has 0 unspecified atom stereocenters. The van der Waals surface area contributed by atoms with E-state index in [2.05, 4.69) is 102 Å². The molecule has 360 valence electrons. The van der Waals surface area contributed by atoms with E-state index >= 15 is 0 Å². The molecule has 0 saturated heterocycles. The average molecular weight is 927 g/mol. The van der Waals surface area contributed by atoms with Gasteiger partial charge in [0, 0.05) is 6.07 Å². The van der Waals surface area contributed by atoms with E-state index < -0.39 is 41.2 Å². The first-order chi connectivity index (χ1) is 30.7. The minimum Gasteiger partial charge on any atom is -0.403 e. The molecule has 0 aliphatic heterocycles. The molecule has 6 aromatic carbocycles. The highest BCUT2D eigenvalue weighted by atomic mass is 19.4. The van der Waals surface area contributed by atoms with Gasteiger partial charge >= 0.3 is 6.36 Å². The van der Waals surface area contributed by atoms with Crippen molar-refractivity contribution in [1.29, 1.82) is 0 Å². The van der Waals surface area contributed by atoms with E-state index in [9.17, 15) is 39.5 Å². The molecule has 6 aromatic rings. The van der Waals surface area contributed by atoms with Crippen LogP contribution < -0.4 is 4.74 Å². The Hall–Kier alpha value is -5.51. The van der Waals surface area contributed by atoms with Gasteiger partial charge in [-0.15, -0.1) is 13.2 Å². The molecule has 0 amide bonds. The predicted octanol–water partition coefficient (Wildman–Crippen LogP) is 18.9. The Kier molecular flexibility index (Phi) is 25.9. The van der Waals surface area contributed by atoms with Gasteiger partial charge in [0.2, 0.25) is 0 Å². The second-order valence-corrected chi connectivity index (χ2v) is 17.4. The van der Waals surface area contributed by atoms with E-state index in [1.54, 1.807) is 6.07 Å². The summed E-state index contributed by atoms with van der Waals surface area (Å²) >= 11 is 0. The first-order valence-electron chi connectivity index (χ1n) is 22.0. The lowest BCUT2D eigenvalue weighted by atomic mass is 10.0. The molecule has 0 aliphatic rings. The minimum atomic E-state index is -4.86. The number of ether oxygens (including phenoxy) is 1. The summed E-state index contributed by atoms with van der Waals surface area (Å²) in [6.07, 6.45) is -4.86. The third kappa shape index (κ3) is 24.1. The van der Waals surface area contributed by atoms with Gasteiger partial charge in [0.15, 0.2) is 23.2 Å². The van der Waals surface area contributed by atoms with Gasteiger partial charge in [-0.3, -0.25) is 0 Å². The first-order valence-corrected chi connectivity index (χ1v) is 22.0. The topological polar surface area (TPSA) is 9.23 Å². The molecule has 0 saturated carbocycles. The van der Waals surface area contributed by atoms with Gasteiger partial charge in [0.1, 0.15) is 17.5 Å². The lowest BCUT2D eigenvalue weighted by Crippen LogP contribution is -2.18. The molecule has 1 nitrogen and oxygen atoms in total. The summed E-state index contributed by atoms with van der Waals surface area (Å²) in [5.74, 6) is -2.26. The monoisotopic (exact) mass is 927 g/mol. The Morgan fingerprint density at radius 1 is 0.333 bits per heavy atom. The van der Waals surface area contributed by atoms with E-state index in [1.807, 2.05) is 59.7 Å². The van der Waals surface area contributed by atoms with Crippen LogP contribution in [0.3, 0.4) is 0 Å². The van der Waals surface area contributed by atoms with Crippen molar-refractivity contribution in [3.05, 3.63) is 207 Å². The standard InChI is InChI=1S/C10H10F4O.C10H14.2C9H10F2.C9H11F.C9H12/c1-6(2)7-3-4-9(8(11)5-7)15-10(12,13)14;1-8(2)10-6-4-9(3)5-7-10;1-6(2)7-3-8(10)5-9(11)4-7;1-6(2)7-3-4-8(10)9(11)5-7;1-7(2)8-3-5-9(10)6-4-8;1-8(2)9-6-4-3-5-7-9/h3-6H,1-2H3;4-8H,1-3H3;2*3-6H,1-2H3;3-7H,1-2H3;3-8H,1-2H3. The predicted molar refractivity (Wildman–Crippen MR) is 254 cm³/mol. The molecule has 0 aromatic heterocycles. The highest BCUT2D eigenvalue weighted by Crippen LogP contribution is 2.28. The Morgan fingerprint density at radius 2 is 0.697 bits per heavy atom. The van der Waals surface area contributed by atoms with Crippen LogP contribution in [-0.2, 0) is 0 Å². The van der Waals surface area contributed by atoms with Crippen molar-refractivity contribution >= 4 is 0 Å². The van der Waals surface area contributed by atoms with Crippen LogP contribution in [0, 0.1) is 41.8 Å². The molecule has 10 heteroatoms. The molecule has 66 heavy (non-hydrogen) atoms. The second kappa shape index (κ2) is 29.2. The summed E-state index contributed by atoms with van der Waals surface area (Å²) < 4.78 is 114. The Balaban J connectivity index is 0.000000399. The van der Waals surface area contributed by atoms with E-state index in [0.717, 1.165) is 29.8 Å². The number of rotatable bonds is 7. The van der Waals surface area contributed by atoms with Crippen LogP contribution in [0.1, 0.15) is 158 Å². The van der Waals surface area contributed by atoms with Gasteiger partial charge in [0.05, 0.1) is 0 Å². The van der Waals surface area contributed by atoms with Gasteiger partial charge < -0.3 is 4.74 Å². The molecule has 0 spiro atoms. The molecule has 0 heterocycles. The molecule has 0 radical (unpaired) electrons. The van der Waals surface area contributed by atoms with Crippen molar-refractivity contribution in [2.45, 2.75) is 132 Å². The minimum absolute atomic E-state index is 0.0550. The maximum atomic E-state index is 13.1. The lowest BCUT2D eigenvalue weighted by Gasteiger charge is -2.11. The fourth-order valence-corrected chi connectivity index (χ4v) is 5.50. The molecule has 0 bridgehead atoms. The zero-order chi connectivity index (χ0) is 50.3. The SMILES string of the molecule is CC(C)c1cc(F)cc(F)c1.CC(C)c1ccc(F)c(F)c1.CC(C)c1ccc(F)cc1.CC(C)c1ccc(OC(F)(F)F)c(F)c1.CC(C)c1ccccc1.Cc1ccc(C(C)C)cc1. The molecular formula is C56H67F9O. The van der Waals surface area contributed by atoms with Crippen LogP contribution in [0.5, 0.6) is 5.75 Å². The molecular weight excluding hydrogens is 860 g/mol. The van der Waals surface area contributed by atoms with Crippen molar-refractivity contribution in [1.82, 2.24) is 0 Å². The Bertz CT molecular complexity index is 2170. The highest BCUT2D eigenvalue weighted by Gasteiger charge is 2.32. The van der Waals surface area contributed by atoms with E-state index in [0.29, 0.717) is 28.9 Å². The second-order valence-electron chi connectivity index (χ2n) is 17.4. The van der Waals surface area contributed by atoms with Crippen molar-refractivity contribution in [2.24, 2.45) is 0 Å². The lowest BCUT2D eigenvalue weighted by molar-refractivity contribution is -0.275. The van der Waals surface area contributed by atoms with Crippen LogP contribution in [0.25, 0.3) is 0 Å². The first kappa shape index (κ1) is 58.5. The highest BCUT2D eigenvalue weighted by molar-refractivity contribution is 5.31. The van der Waals surface area contributed by atoms with Crippen LogP contribution in [0.4, 0.5) is 39.5 Å². The number of hydrogen-bond donors (Lipinski definition) is 0. The smallest absolute Gasteiger partial charge is 0.403 e. The van der Waals surface area contributed by atoms with Gasteiger partial charge in [0.25, 0.3) is 0 Å². The summed E-state index contributed by atoms with van der Waals surface area (Å²) in [5, 5.41) is 0. The summed E-state index contributed by atoms with van der Waals surface area (Å²) in [7, 11) is 0. The van der Waals surface area contributed by atoms with E-state index in [-0.39, 0.29) is 23.6 Å². The zero-order valence-corrected chi connectivity index (χ0v) is 40.5. The number of halogens is 9. The molecule has 0 fully saturated rings. The van der Waals surface area contributed by atoms with Gasteiger partial charge in [-0.25, -0.2) is 26.3 Å². The third-order valence-electron chi connectivity index (χ3n) is 9.76. The number of hydrogen-bond acceptors (Lipinski definition) is 1. The largest absolute Gasteiger partial charge is 0.573 e. The molecule has 0 aliphatic carbocycles. The average Bonchev–Trinajstić information content (AvgIpc) is 3.23. The van der Waals surface area contributed by atoms with Crippen molar-refractivity contribution in [2.75, 3.05) is 0 Å². The Morgan fingerprint density at radius 3 is 1.06 bits per heavy atom. The van der Waals surface area contributed by atoms with Crippen LogP contribution in [0.2, 0.25) is 0 Å². The summed E-state index contributed by atoms with van der Waals surface area (Å²) in [6.45, 7) is 26.4. The summed E-state index contributed by atoms with van der Waals surface area (Å²) in [4.78, 5) is 0. The fourth-order valence-electron chi connectivity index (χ4n) is 5.50. The molecule has 0 N–H and O–H groups in total. The van der Waals surface area contributed by atoms with Gasteiger partial charge in [-0.1, -0.05) is 168 Å². The zero-order valence-electron chi connectivity index (χ0n) is 40.5. The number of alkyl halides is 3. The summed E-state index contributed by atoms with van der Waals surface area (Å²) in [6, 6.07) is 36.9. The quantitative estimate of drug-likeness (QED) is 0.145. The number of aryl methyl sites for hydroxylation is 1. The van der Waals surface area contributed by atoms with Gasteiger partial charge in [-0.05, 0) is 124 Å². The van der Waals surface area contributed by atoms with Crippen molar-refractivity contribution in [3.63, 3.8) is 0 Å². The third-order valence-corrected chi connectivity index (χ3v) is 9.76. The van der Waals surface area contributed by atoms with E-state index in [4.69, 9.17) is 0 Å². The fraction of sp³-hybridized carbons (Fsp3) is 0.357. The van der Waals surface area contributed by atoms with Crippen LogP contribution >= 0.6 is 0 Å². The van der Waals surface area contributed by atoms with Gasteiger partial charge in [-0.2, -0.15) is 0 Å².